The largest absolute Gasteiger partial charge is 0.0654 e. The van der Waals surface area contributed by atoms with E-state index in [1.54, 1.807) is 0 Å². The van der Waals surface area contributed by atoms with E-state index in [2.05, 4.69) is 41.5 Å². The van der Waals surface area contributed by atoms with E-state index in [0.29, 0.717) is 0 Å². The van der Waals surface area contributed by atoms with Crippen molar-refractivity contribution in [3.05, 3.63) is 0 Å². The standard InChI is InChI=1S/C27H56/c1-7-8-9-10-11-12-18-25(4)22-16-23-27(6)20-14-13-19-26(5)21-15-17-24(2)3/h24-27H,7-23H2,1-6H3. The molecule has 0 amide bonds. The lowest BCUT2D eigenvalue weighted by molar-refractivity contribution is 0.378. The summed E-state index contributed by atoms with van der Waals surface area (Å²) in [4.78, 5) is 0. The van der Waals surface area contributed by atoms with Crippen LogP contribution in [0.3, 0.4) is 0 Å². The Balaban J connectivity index is 3.43. The van der Waals surface area contributed by atoms with Gasteiger partial charge in [-0.1, -0.05) is 151 Å². The maximum absolute atomic E-state index is 2.49. The summed E-state index contributed by atoms with van der Waals surface area (Å²) in [6.07, 6.45) is 24.7. The molecule has 0 aliphatic rings. The molecule has 3 unspecified atom stereocenters. The average Bonchev–Trinajstić information content (AvgIpc) is 2.61. The number of unbranched alkanes of at least 4 members (excludes halogenated alkanes) is 6. The summed E-state index contributed by atoms with van der Waals surface area (Å²) >= 11 is 0. The average molecular weight is 381 g/mol. The molecular formula is C27H56. The van der Waals surface area contributed by atoms with Crippen LogP contribution in [-0.2, 0) is 0 Å². The van der Waals surface area contributed by atoms with Gasteiger partial charge < -0.3 is 0 Å². The fourth-order valence-corrected chi connectivity index (χ4v) is 4.38. The molecule has 3 atom stereocenters. The first-order valence-corrected chi connectivity index (χ1v) is 13.0. The molecule has 0 fully saturated rings. The second kappa shape index (κ2) is 19.3. The monoisotopic (exact) mass is 380 g/mol. The molecule has 164 valence electrons. The van der Waals surface area contributed by atoms with Crippen LogP contribution in [0, 0.1) is 23.7 Å². The van der Waals surface area contributed by atoms with Gasteiger partial charge in [0.25, 0.3) is 0 Å². The van der Waals surface area contributed by atoms with Crippen LogP contribution < -0.4 is 0 Å². The molecule has 0 aliphatic heterocycles. The van der Waals surface area contributed by atoms with E-state index >= 15 is 0 Å². The third kappa shape index (κ3) is 20.5. The molecular weight excluding hydrogens is 324 g/mol. The minimum atomic E-state index is 0.881. The Morgan fingerprint density at radius 3 is 1.15 bits per heavy atom. The first-order chi connectivity index (χ1) is 13.0. The van der Waals surface area contributed by atoms with E-state index < -0.39 is 0 Å². The maximum atomic E-state index is 2.49. The van der Waals surface area contributed by atoms with Crippen molar-refractivity contribution in [1.82, 2.24) is 0 Å². The van der Waals surface area contributed by atoms with Crippen LogP contribution in [0.25, 0.3) is 0 Å². The van der Waals surface area contributed by atoms with Crippen molar-refractivity contribution in [2.45, 2.75) is 151 Å². The molecule has 0 saturated heterocycles. The van der Waals surface area contributed by atoms with Crippen molar-refractivity contribution in [3.63, 3.8) is 0 Å². The molecule has 0 heterocycles. The van der Waals surface area contributed by atoms with Gasteiger partial charge in [0.2, 0.25) is 0 Å². The highest BCUT2D eigenvalue weighted by atomic mass is 14.1. The molecule has 0 heteroatoms. The summed E-state index contributed by atoms with van der Waals surface area (Å²) < 4.78 is 0. The molecule has 0 aromatic carbocycles. The minimum Gasteiger partial charge on any atom is -0.0654 e. The topological polar surface area (TPSA) is 0 Å². The van der Waals surface area contributed by atoms with Crippen molar-refractivity contribution in [2.24, 2.45) is 23.7 Å². The molecule has 0 aliphatic carbocycles. The molecule has 0 saturated carbocycles. The summed E-state index contributed by atoms with van der Waals surface area (Å²) in [6, 6.07) is 0. The molecule has 0 N–H and O–H groups in total. The van der Waals surface area contributed by atoms with Gasteiger partial charge in [-0.2, -0.15) is 0 Å². The number of rotatable bonds is 20. The molecule has 0 rings (SSSR count). The van der Waals surface area contributed by atoms with Crippen LogP contribution in [-0.4, -0.2) is 0 Å². The Labute approximate surface area is 174 Å². The molecule has 0 radical (unpaired) electrons. The third-order valence-electron chi connectivity index (χ3n) is 6.57. The van der Waals surface area contributed by atoms with E-state index in [1.807, 2.05) is 0 Å². The van der Waals surface area contributed by atoms with Gasteiger partial charge in [-0.3, -0.25) is 0 Å². The predicted octanol–water partition coefficient (Wildman–Crippen LogP) is 10.2. The van der Waals surface area contributed by atoms with Crippen molar-refractivity contribution < 1.29 is 0 Å². The highest BCUT2D eigenvalue weighted by Crippen LogP contribution is 2.23. The first-order valence-electron chi connectivity index (χ1n) is 13.0. The van der Waals surface area contributed by atoms with Crippen LogP contribution in [0.1, 0.15) is 151 Å². The zero-order chi connectivity index (χ0) is 20.3. The van der Waals surface area contributed by atoms with E-state index in [-0.39, 0.29) is 0 Å². The van der Waals surface area contributed by atoms with Crippen molar-refractivity contribution >= 4 is 0 Å². The smallest absolute Gasteiger partial charge is 0.0443 e. The normalized spacial score (nSPS) is 15.2. The zero-order valence-corrected chi connectivity index (χ0v) is 20.3. The molecule has 0 bridgehead atoms. The van der Waals surface area contributed by atoms with Gasteiger partial charge in [-0.05, 0) is 23.7 Å². The Morgan fingerprint density at radius 1 is 0.370 bits per heavy atom. The van der Waals surface area contributed by atoms with Gasteiger partial charge in [0.1, 0.15) is 0 Å². The van der Waals surface area contributed by atoms with E-state index in [4.69, 9.17) is 0 Å². The molecule has 0 spiro atoms. The highest BCUT2D eigenvalue weighted by Gasteiger charge is 2.07. The van der Waals surface area contributed by atoms with Crippen LogP contribution in [0.2, 0.25) is 0 Å². The number of hydrogen-bond acceptors (Lipinski definition) is 0. The summed E-state index contributed by atoms with van der Waals surface area (Å²) in [5.41, 5.74) is 0. The van der Waals surface area contributed by atoms with E-state index in [0.717, 1.165) is 23.7 Å². The number of hydrogen-bond donors (Lipinski definition) is 0. The Bertz CT molecular complexity index is 280. The summed E-state index contributed by atoms with van der Waals surface area (Å²) in [5, 5.41) is 0. The van der Waals surface area contributed by atoms with Gasteiger partial charge >= 0.3 is 0 Å². The van der Waals surface area contributed by atoms with Crippen LogP contribution in [0.4, 0.5) is 0 Å². The van der Waals surface area contributed by atoms with Crippen molar-refractivity contribution in [3.8, 4) is 0 Å². The fourth-order valence-electron chi connectivity index (χ4n) is 4.38. The fraction of sp³-hybridized carbons (Fsp3) is 1.00. The van der Waals surface area contributed by atoms with Crippen molar-refractivity contribution in [1.29, 1.82) is 0 Å². The predicted molar refractivity (Wildman–Crippen MR) is 126 cm³/mol. The van der Waals surface area contributed by atoms with Crippen molar-refractivity contribution in [2.75, 3.05) is 0 Å². The molecule has 27 heavy (non-hydrogen) atoms. The quantitative estimate of drug-likeness (QED) is 0.184. The summed E-state index contributed by atoms with van der Waals surface area (Å²) in [6.45, 7) is 14.4. The lowest BCUT2D eigenvalue weighted by atomic mass is 9.91. The van der Waals surface area contributed by atoms with Crippen LogP contribution in [0.15, 0.2) is 0 Å². The van der Waals surface area contributed by atoms with E-state index in [1.165, 1.54) is 109 Å². The minimum absolute atomic E-state index is 0.881. The molecule has 0 aromatic heterocycles. The van der Waals surface area contributed by atoms with Gasteiger partial charge in [0.15, 0.2) is 0 Å². The summed E-state index contributed by atoms with van der Waals surface area (Å²) in [7, 11) is 0. The van der Waals surface area contributed by atoms with Gasteiger partial charge in [0, 0.05) is 0 Å². The van der Waals surface area contributed by atoms with Gasteiger partial charge in [0.05, 0.1) is 0 Å². The van der Waals surface area contributed by atoms with Gasteiger partial charge in [-0.25, -0.2) is 0 Å². The maximum Gasteiger partial charge on any atom is -0.0443 e. The molecule has 0 aromatic rings. The van der Waals surface area contributed by atoms with Crippen LogP contribution in [0.5, 0.6) is 0 Å². The lowest BCUT2D eigenvalue weighted by Crippen LogP contribution is -2.00. The van der Waals surface area contributed by atoms with Crippen LogP contribution >= 0.6 is 0 Å². The lowest BCUT2D eigenvalue weighted by Gasteiger charge is -2.15. The van der Waals surface area contributed by atoms with E-state index in [9.17, 15) is 0 Å². The second-order valence-electron chi connectivity index (χ2n) is 10.4. The molecule has 0 nitrogen and oxygen atoms in total. The second-order valence-corrected chi connectivity index (χ2v) is 10.4. The highest BCUT2D eigenvalue weighted by molar-refractivity contribution is 4.61. The Hall–Kier alpha value is 0. The Morgan fingerprint density at radius 2 is 0.704 bits per heavy atom. The third-order valence-corrected chi connectivity index (χ3v) is 6.57. The Kier molecular flexibility index (Phi) is 19.3. The summed E-state index contributed by atoms with van der Waals surface area (Å²) in [5.74, 6) is 3.73. The first kappa shape index (κ1) is 27.0. The zero-order valence-electron chi connectivity index (χ0n) is 20.3. The van der Waals surface area contributed by atoms with Gasteiger partial charge in [-0.15, -0.1) is 0 Å². The SMILES string of the molecule is CCCCCCCCC(C)CCCC(C)CCCCC(C)CCCC(C)C.